The second-order valence-corrected chi connectivity index (χ2v) is 6.29. The van der Waals surface area contributed by atoms with Gasteiger partial charge in [-0.25, -0.2) is 0 Å². The fraction of sp³-hybridized carbons (Fsp3) is 0.667. The standard InChI is InChI=1S/C18H28N2O/c1-2-11-19-17-9-5-12-20(14-15-7-6-13-21-15)18-10-4-3-8-16(17)18/h3-4,8,10,15,17,19H,2,5-7,9,11-14H2,1H3. The molecule has 2 unspecified atom stereocenters. The van der Waals surface area contributed by atoms with Crippen molar-refractivity contribution >= 4 is 5.69 Å². The van der Waals surface area contributed by atoms with Gasteiger partial charge in [0, 0.05) is 31.4 Å². The molecule has 3 rings (SSSR count). The van der Waals surface area contributed by atoms with E-state index in [-0.39, 0.29) is 0 Å². The summed E-state index contributed by atoms with van der Waals surface area (Å²) in [5.41, 5.74) is 2.89. The van der Waals surface area contributed by atoms with Crippen LogP contribution in [0, 0.1) is 0 Å². The Labute approximate surface area is 128 Å². The van der Waals surface area contributed by atoms with E-state index >= 15 is 0 Å². The third kappa shape index (κ3) is 3.58. The maximum Gasteiger partial charge on any atom is 0.0750 e. The summed E-state index contributed by atoms with van der Waals surface area (Å²) < 4.78 is 5.85. The topological polar surface area (TPSA) is 24.5 Å². The molecule has 0 bridgehead atoms. The highest BCUT2D eigenvalue weighted by molar-refractivity contribution is 5.56. The van der Waals surface area contributed by atoms with Crippen molar-refractivity contribution in [3.63, 3.8) is 0 Å². The van der Waals surface area contributed by atoms with E-state index in [0.717, 1.165) is 26.2 Å². The fourth-order valence-corrected chi connectivity index (χ4v) is 3.59. The summed E-state index contributed by atoms with van der Waals surface area (Å²) in [4.78, 5) is 2.55. The van der Waals surface area contributed by atoms with Crippen LogP contribution in [0.2, 0.25) is 0 Å². The van der Waals surface area contributed by atoms with E-state index in [1.165, 1.54) is 43.4 Å². The average Bonchev–Trinajstić information content (AvgIpc) is 2.96. The predicted molar refractivity (Wildman–Crippen MR) is 87.9 cm³/mol. The number of benzene rings is 1. The lowest BCUT2D eigenvalue weighted by atomic mass is 10.0. The highest BCUT2D eigenvalue weighted by Crippen LogP contribution is 2.33. The minimum absolute atomic E-state index is 0.429. The molecule has 21 heavy (non-hydrogen) atoms. The van der Waals surface area contributed by atoms with Crippen molar-refractivity contribution in [3.8, 4) is 0 Å². The monoisotopic (exact) mass is 288 g/mol. The van der Waals surface area contributed by atoms with Crippen molar-refractivity contribution in [2.75, 3.05) is 31.1 Å². The molecule has 1 saturated heterocycles. The first kappa shape index (κ1) is 14.9. The lowest BCUT2D eigenvalue weighted by Crippen LogP contribution is -2.33. The van der Waals surface area contributed by atoms with Gasteiger partial charge in [0.25, 0.3) is 0 Å². The van der Waals surface area contributed by atoms with Crippen molar-refractivity contribution in [2.24, 2.45) is 0 Å². The Morgan fingerprint density at radius 2 is 2.14 bits per heavy atom. The molecule has 3 nitrogen and oxygen atoms in total. The van der Waals surface area contributed by atoms with Gasteiger partial charge >= 0.3 is 0 Å². The highest BCUT2D eigenvalue weighted by atomic mass is 16.5. The van der Waals surface area contributed by atoms with Crippen LogP contribution in [-0.4, -0.2) is 32.3 Å². The number of para-hydroxylation sites is 1. The van der Waals surface area contributed by atoms with Crippen molar-refractivity contribution in [3.05, 3.63) is 29.8 Å². The van der Waals surface area contributed by atoms with Gasteiger partial charge in [-0.1, -0.05) is 25.1 Å². The van der Waals surface area contributed by atoms with Crippen LogP contribution in [0.15, 0.2) is 24.3 Å². The van der Waals surface area contributed by atoms with Gasteiger partial charge in [0.2, 0.25) is 0 Å². The Balaban J connectivity index is 1.78. The van der Waals surface area contributed by atoms with Crippen LogP contribution >= 0.6 is 0 Å². The highest BCUT2D eigenvalue weighted by Gasteiger charge is 2.25. The molecule has 2 aliphatic rings. The zero-order valence-corrected chi connectivity index (χ0v) is 13.2. The maximum absolute atomic E-state index is 5.85. The van der Waals surface area contributed by atoms with E-state index < -0.39 is 0 Å². The van der Waals surface area contributed by atoms with E-state index in [1.54, 1.807) is 0 Å². The Kier molecular flexibility index (Phi) is 5.15. The largest absolute Gasteiger partial charge is 0.376 e. The second-order valence-electron chi connectivity index (χ2n) is 6.29. The van der Waals surface area contributed by atoms with Gasteiger partial charge in [-0.3, -0.25) is 0 Å². The number of nitrogens with zero attached hydrogens (tertiary/aromatic N) is 1. The fourth-order valence-electron chi connectivity index (χ4n) is 3.59. The number of rotatable bonds is 5. The first-order valence-corrected chi connectivity index (χ1v) is 8.57. The van der Waals surface area contributed by atoms with Gasteiger partial charge in [0.05, 0.1) is 6.10 Å². The maximum atomic E-state index is 5.85. The molecule has 0 saturated carbocycles. The molecule has 1 aromatic carbocycles. The van der Waals surface area contributed by atoms with Crippen LogP contribution in [-0.2, 0) is 4.74 Å². The summed E-state index contributed by atoms with van der Waals surface area (Å²) in [6, 6.07) is 9.45. The lowest BCUT2D eigenvalue weighted by molar-refractivity contribution is 0.115. The van der Waals surface area contributed by atoms with Gasteiger partial charge in [-0.15, -0.1) is 0 Å². The van der Waals surface area contributed by atoms with Crippen LogP contribution in [0.4, 0.5) is 5.69 Å². The summed E-state index contributed by atoms with van der Waals surface area (Å²) >= 11 is 0. The van der Waals surface area contributed by atoms with E-state index in [1.807, 2.05) is 0 Å². The minimum atomic E-state index is 0.429. The number of anilines is 1. The Hall–Kier alpha value is -1.06. The molecule has 2 aliphatic heterocycles. The van der Waals surface area contributed by atoms with E-state index in [2.05, 4.69) is 41.4 Å². The molecule has 2 atom stereocenters. The summed E-state index contributed by atoms with van der Waals surface area (Å²) in [5, 5.41) is 3.72. The SMILES string of the molecule is CCCNC1CCCN(CC2CCCO2)c2ccccc21. The Morgan fingerprint density at radius 1 is 1.24 bits per heavy atom. The molecule has 0 spiro atoms. The quantitative estimate of drug-likeness (QED) is 0.897. The first-order chi connectivity index (χ1) is 10.4. The Bertz CT molecular complexity index is 443. The van der Waals surface area contributed by atoms with Crippen molar-refractivity contribution < 1.29 is 4.74 Å². The predicted octanol–water partition coefficient (Wildman–Crippen LogP) is 3.51. The van der Waals surface area contributed by atoms with Gasteiger partial charge in [-0.05, 0) is 50.3 Å². The Morgan fingerprint density at radius 3 is 2.95 bits per heavy atom. The van der Waals surface area contributed by atoms with Crippen LogP contribution in [0.5, 0.6) is 0 Å². The van der Waals surface area contributed by atoms with Crippen molar-refractivity contribution in [1.82, 2.24) is 5.32 Å². The van der Waals surface area contributed by atoms with E-state index in [4.69, 9.17) is 4.74 Å². The molecule has 1 N–H and O–H groups in total. The summed E-state index contributed by atoms with van der Waals surface area (Å²) in [6.45, 7) is 6.49. The molecular formula is C18H28N2O. The van der Waals surface area contributed by atoms with E-state index in [0.29, 0.717) is 12.1 Å². The molecule has 116 valence electrons. The number of nitrogens with one attached hydrogen (secondary N) is 1. The molecule has 1 aromatic rings. The zero-order chi connectivity index (χ0) is 14.5. The molecule has 3 heteroatoms. The molecule has 1 fully saturated rings. The average molecular weight is 288 g/mol. The van der Waals surface area contributed by atoms with E-state index in [9.17, 15) is 0 Å². The molecule has 0 radical (unpaired) electrons. The lowest BCUT2D eigenvalue weighted by Gasteiger charge is -2.28. The zero-order valence-electron chi connectivity index (χ0n) is 13.2. The summed E-state index contributed by atoms with van der Waals surface area (Å²) in [6.07, 6.45) is 6.55. The van der Waals surface area contributed by atoms with Crippen LogP contribution in [0.3, 0.4) is 0 Å². The molecule has 0 amide bonds. The van der Waals surface area contributed by atoms with Gasteiger partial charge in [-0.2, -0.15) is 0 Å². The van der Waals surface area contributed by atoms with Gasteiger partial charge in [0.1, 0.15) is 0 Å². The first-order valence-electron chi connectivity index (χ1n) is 8.57. The van der Waals surface area contributed by atoms with Crippen molar-refractivity contribution in [1.29, 1.82) is 0 Å². The van der Waals surface area contributed by atoms with Gasteiger partial charge in [0.15, 0.2) is 0 Å². The number of hydrogen-bond donors (Lipinski definition) is 1. The number of hydrogen-bond acceptors (Lipinski definition) is 3. The van der Waals surface area contributed by atoms with Gasteiger partial charge < -0.3 is 15.0 Å². The van der Waals surface area contributed by atoms with Crippen LogP contribution in [0.25, 0.3) is 0 Å². The smallest absolute Gasteiger partial charge is 0.0750 e. The second kappa shape index (κ2) is 7.28. The number of fused-ring (bicyclic) bond motifs is 1. The summed E-state index contributed by atoms with van der Waals surface area (Å²) in [5.74, 6) is 0. The molecule has 0 aliphatic carbocycles. The summed E-state index contributed by atoms with van der Waals surface area (Å²) in [7, 11) is 0. The minimum Gasteiger partial charge on any atom is -0.376 e. The third-order valence-electron chi connectivity index (χ3n) is 4.66. The van der Waals surface area contributed by atoms with Crippen molar-refractivity contribution in [2.45, 2.75) is 51.2 Å². The number of ether oxygens (including phenoxy) is 1. The van der Waals surface area contributed by atoms with Crippen LogP contribution in [0.1, 0.15) is 50.6 Å². The normalized spacial score (nSPS) is 25.7. The van der Waals surface area contributed by atoms with Crippen LogP contribution < -0.4 is 10.2 Å². The molecule has 2 heterocycles. The molecular weight excluding hydrogens is 260 g/mol. The molecule has 0 aromatic heterocycles. The third-order valence-corrected chi connectivity index (χ3v) is 4.66.